The summed E-state index contributed by atoms with van der Waals surface area (Å²) in [5.41, 5.74) is 2.25. The Hall–Kier alpha value is -0.930. The average molecular weight is 347 g/mol. The highest BCUT2D eigenvalue weighted by molar-refractivity contribution is 6.35. The zero-order valence-electron chi connectivity index (χ0n) is 11.7. The summed E-state index contributed by atoms with van der Waals surface area (Å²) in [5.74, 6) is 0.929. The topological polar surface area (TPSA) is 21.3 Å². The van der Waals surface area contributed by atoms with Crippen molar-refractivity contribution in [1.82, 2.24) is 5.32 Å². The number of rotatable bonds is 6. The molecule has 0 aromatic heterocycles. The van der Waals surface area contributed by atoms with Crippen molar-refractivity contribution in [2.45, 2.75) is 13.0 Å². The van der Waals surface area contributed by atoms with Gasteiger partial charge in [0.05, 0.1) is 7.11 Å². The monoisotopic (exact) mass is 345 g/mol. The molecule has 0 bridgehead atoms. The van der Waals surface area contributed by atoms with Gasteiger partial charge in [0.1, 0.15) is 5.75 Å². The second-order valence-corrected chi connectivity index (χ2v) is 5.32. The van der Waals surface area contributed by atoms with Crippen LogP contribution in [0, 0.1) is 0 Å². The van der Waals surface area contributed by atoms with Crippen LogP contribution in [0.4, 0.5) is 0 Å². The Morgan fingerprint density at radius 2 is 1.81 bits per heavy atom. The highest BCUT2D eigenvalue weighted by atomic mass is 35.5. The molecule has 2 nitrogen and oxygen atoms in total. The normalized spacial score (nSPS) is 10.0. The van der Waals surface area contributed by atoms with Crippen molar-refractivity contribution in [3.05, 3.63) is 63.6 Å². The van der Waals surface area contributed by atoms with Crippen molar-refractivity contribution >= 4 is 35.6 Å². The summed E-state index contributed by atoms with van der Waals surface area (Å²) in [5, 5.41) is 4.74. The summed E-state index contributed by atoms with van der Waals surface area (Å²) in [6.07, 6.45) is 0.912. The minimum atomic E-state index is 0. The lowest BCUT2D eigenvalue weighted by atomic mass is 10.1. The van der Waals surface area contributed by atoms with Gasteiger partial charge in [-0.15, -0.1) is 12.4 Å². The first-order chi connectivity index (χ1) is 9.70. The van der Waals surface area contributed by atoms with Gasteiger partial charge in [-0.05, 0) is 42.3 Å². The second-order valence-electron chi connectivity index (χ2n) is 4.47. The molecule has 2 rings (SSSR count). The van der Waals surface area contributed by atoms with E-state index < -0.39 is 0 Å². The Labute approximate surface area is 141 Å². The van der Waals surface area contributed by atoms with Crippen LogP contribution in [0.2, 0.25) is 10.0 Å². The van der Waals surface area contributed by atoms with E-state index in [0.717, 1.165) is 30.8 Å². The Bertz CT molecular complexity index is 575. The maximum atomic E-state index is 6.13. The smallest absolute Gasteiger partial charge is 0.122 e. The van der Waals surface area contributed by atoms with Crippen LogP contribution in [-0.4, -0.2) is 13.7 Å². The van der Waals surface area contributed by atoms with E-state index in [2.05, 4.69) is 11.4 Å². The second kappa shape index (κ2) is 9.16. The van der Waals surface area contributed by atoms with Gasteiger partial charge in [0.25, 0.3) is 0 Å². The molecule has 0 atom stereocenters. The molecule has 0 amide bonds. The van der Waals surface area contributed by atoms with Gasteiger partial charge in [-0.3, -0.25) is 0 Å². The molecular formula is C16H18Cl3NO. The lowest BCUT2D eigenvalue weighted by Gasteiger charge is -2.10. The van der Waals surface area contributed by atoms with E-state index >= 15 is 0 Å². The van der Waals surface area contributed by atoms with Crippen LogP contribution < -0.4 is 10.1 Å². The number of halogens is 3. The summed E-state index contributed by atoms with van der Waals surface area (Å²) in [6.45, 7) is 1.59. The quantitative estimate of drug-likeness (QED) is 0.762. The Morgan fingerprint density at radius 3 is 2.52 bits per heavy atom. The predicted octanol–water partition coefficient (Wildman–Crippen LogP) is 4.76. The summed E-state index contributed by atoms with van der Waals surface area (Å²) >= 11 is 12.0. The number of methoxy groups -OCH3 is 1. The molecule has 0 unspecified atom stereocenters. The molecule has 2 aromatic rings. The highest BCUT2D eigenvalue weighted by Crippen LogP contribution is 2.21. The predicted molar refractivity (Wildman–Crippen MR) is 92.1 cm³/mol. The van der Waals surface area contributed by atoms with Crippen molar-refractivity contribution in [3.63, 3.8) is 0 Å². The van der Waals surface area contributed by atoms with Crippen LogP contribution in [0.5, 0.6) is 5.75 Å². The third kappa shape index (κ3) is 5.40. The van der Waals surface area contributed by atoms with E-state index in [0.29, 0.717) is 10.0 Å². The zero-order valence-corrected chi connectivity index (χ0v) is 14.1. The number of para-hydroxylation sites is 1. The van der Waals surface area contributed by atoms with Gasteiger partial charge in [-0.25, -0.2) is 0 Å². The molecule has 1 N–H and O–H groups in total. The van der Waals surface area contributed by atoms with E-state index in [4.69, 9.17) is 27.9 Å². The molecule has 2 aromatic carbocycles. The number of hydrogen-bond donors (Lipinski definition) is 1. The molecule has 0 saturated heterocycles. The van der Waals surface area contributed by atoms with Crippen LogP contribution in [0.15, 0.2) is 42.5 Å². The van der Waals surface area contributed by atoms with E-state index in [9.17, 15) is 0 Å². The van der Waals surface area contributed by atoms with Gasteiger partial charge in [0, 0.05) is 16.6 Å². The molecule has 0 aliphatic carbocycles. The number of ether oxygens (including phenoxy) is 1. The molecule has 5 heteroatoms. The third-order valence-corrected chi connectivity index (χ3v) is 3.68. The van der Waals surface area contributed by atoms with E-state index in [1.807, 2.05) is 30.3 Å². The summed E-state index contributed by atoms with van der Waals surface area (Å²) in [7, 11) is 1.69. The van der Waals surface area contributed by atoms with Crippen LogP contribution in [-0.2, 0) is 13.0 Å². The van der Waals surface area contributed by atoms with Gasteiger partial charge in [-0.2, -0.15) is 0 Å². The zero-order chi connectivity index (χ0) is 14.4. The SMILES string of the molecule is COc1ccccc1CCNCc1ccc(Cl)cc1Cl.Cl. The van der Waals surface area contributed by atoms with E-state index in [1.54, 1.807) is 13.2 Å². The minimum absolute atomic E-state index is 0. The number of nitrogens with one attached hydrogen (secondary N) is 1. The Balaban J connectivity index is 0.00000220. The average Bonchev–Trinajstić information content (AvgIpc) is 2.46. The third-order valence-electron chi connectivity index (χ3n) is 3.09. The molecule has 114 valence electrons. The first-order valence-corrected chi connectivity index (χ1v) is 7.23. The molecule has 0 radical (unpaired) electrons. The Kier molecular flexibility index (Phi) is 7.91. The van der Waals surface area contributed by atoms with E-state index in [1.165, 1.54) is 5.56 Å². The van der Waals surface area contributed by atoms with Gasteiger partial charge in [0.15, 0.2) is 0 Å². The first-order valence-electron chi connectivity index (χ1n) is 6.47. The molecule has 0 spiro atoms. The molecule has 0 aliphatic heterocycles. The van der Waals surface area contributed by atoms with Crippen molar-refractivity contribution < 1.29 is 4.74 Å². The number of benzene rings is 2. The number of hydrogen-bond acceptors (Lipinski definition) is 2. The van der Waals surface area contributed by atoms with Crippen molar-refractivity contribution in [1.29, 1.82) is 0 Å². The fraction of sp³-hybridized carbons (Fsp3) is 0.250. The van der Waals surface area contributed by atoms with Crippen molar-refractivity contribution in [2.75, 3.05) is 13.7 Å². The van der Waals surface area contributed by atoms with Gasteiger partial charge >= 0.3 is 0 Å². The largest absolute Gasteiger partial charge is 0.496 e. The molecule has 0 heterocycles. The summed E-state index contributed by atoms with van der Waals surface area (Å²) in [4.78, 5) is 0. The summed E-state index contributed by atoms with van der Waals surface area (Å²) in [6, 6.07) is 13.6. The minimum Gasteiger partial charge on any atom is -0.496 e. The standard InChI is InChI=1S/C16H17Cl2NO.ClH/c1-20-16-5-3-2-4-12(16)8-9-19-11-13-6-7-14(17)10-15(13)18;/h2-7,10,19H,8-9,11H2,1H3;1H. The maximum absolute atomic E-state index is 6.13. The lowest BCUT2D eigenvalue weighted by Crippen LogP contribution is -2.17. The Morgan fingerprint density at radius 1 is 1.05 bits per heavy atom. The van der Waals surface area contributed by atoms with Crippen LogP contribution in [0.1, 0.15) is 11.1 Å². The van der Waals surface area contributed by atoms with Crippen LogP contribution in [0.3, 0.4) is 0 Å². The van der Waals surface area contributed by atoms with Crippen molar-refractivity contribution in [2.24, 2.45) is 0 Å². The van der Waals surface area contributed by atoms with E-state index in [-0.39, 0.29) is 12.4 Å². The summed E-state index contributed by atoms with van der Waals surface area (Å²) < 4.78 is 5.33. The van der Waals surface area contributed by atoms with Crippen LogP contribution in [0.25, 0.3) is 0 Å². The molecule has 0 aliphatic rings. The fourth-order valence-electron chi connectivity index (χ4n) is 2.02. The molecular weight excluding hydrogens is 329 g/mol. The maximum Gasteiger partial charge on any atom is 0.122 e. The van der Waals surface area contributed by atoms with Gasteiger partial charge in [-0.1, -0.05) is 47.5 Å². The molecule has 21 heavy (non-hydrogen) atoms. The van der Waals surface area contributed by atoms with Gasteiger partial charge < -0.3 is 10.1 Å². The van der Waals surface area contributed by atoms with Crippen molar-refractivity contribution in [3.8, 4) is 5.75 Å². The van der Waals surface area contributed by atoms with Gasteiger partial charge in [0.2, 0.25) is 0 Å². The van der Waals surface area contributed by atoms with Crippen LogP contribution >= 0.6 is 35.6 Å². The highest BCUT2D eigenvalue weighted by Gasteiger charge is 2.03. The first kappa shape index (κ1) is 18.1. The molecule has 0 fully saturated rings. The molecule has 0 saturated carbocycles. The lowest BCUT2D eigenvalue weighted by molar-refractivity contribution is 0.409. The fourth-order valence-corrected chi connectivity index (χ4v) is 2.50.